The number of H-pyrrole nitrogens is 1. The average Bonchev–Trinajstić information content (AvgIpc) is 2.81. The maximum absolute atomic E-state index is 13.7. The van der Waals surface area contributed by atoms with Crippen molar-refractivity contribution >= 4 is 35.7 Å². The molecule has 1 saturated heterocycles. The second kappa shape index (κ2) is 9.08. The van der Waals surface area contributed by atoms with Crippen LogP contribution >= 0.6 is 35.7 Å². The van der Waals surface area contributed by atoms with Crippen molar-refractivity contribution in [3.8, 4) is 0 Å². The van der Waals surface area contributed by atoms with Gasteiger partial charge in [-0.1, -0.05) is 19.1 Å². The summed E-state index contributed by atoms with van der Waals surface area (Å²) >= 11 is 4.58. The molecule has 0 aromatic carbocycles. The lowest BCUT2D eigenvalue weighted by Crippen LogP contribution is -2.31. The molecule has 1 aliphatic rings. The van der Waals surface area contributed by atoms with E-state index in [1.165, 1.54) is 6.92 Å². The number of ether oxygens (including phenoxy) is 1. The predicted molar refractivity (Wildman–Crippen MR) is 94.7 cm³/mol. The van der Waals surface area contributed by atoms with Gasteiger partial charge in [0.15, 0.2) is 5.82 Å². The molecule has 1 aromatic heterocycles. The van der Waals surface area contributed by atoms with Gasteiger partial charge in [0.25, 0.3) is 0 Å². The molecule has 2 rings (SSSR count). The quantitative estimate of drug-likeness (QED) is 0.202. The van der Waals surface area contributed by atoms with Crippen LogP contribution in [0.5, 0.6) is 0 Å². The number of aliphatic hydroxyl groups is 1. The molecule has 0 amide bonds. The SMILES string of the molecule is CC1C(O)[C@@H](COP(=O)(O)OP(=O)(O)OP(=O)(O)O)O[C@H]1n1cc(F)c(=S)[nH]c1=O. The van der Waals surface area contributed by atoms with Crippen molar-refractivity contribution < 1.29 is 60.6 Å². The highest BCUT2D eigenvalue weighted by atomic mass is 32.1. The van der Waals surface area contributed by atoms with Gasteiger partial charge in [0, 0.05) is 5.92 Å². The minimum Gasteiger partial charge on any atom is -0.390 e. The number of rotatable bonds is 8. The summed E-state index contributed by atoms with van der Waals surface area (Å²) in [5.41, 5.74) is -0.862. The highest BCUT2D eigenvalue weighted by molar-refractivity contribution is 7.71. The monoisotopic (exact) mass is 516 g/mol. The third-order valence-electron chi connectivity index (χ3n) is 3.70. The number of aromatic nitrogens is 2. The van der Waals surface area contributed by atoms with E-state index in [0.717, 1.165) is 10.8 Å². The summed E-state index contributed by atoms with van der Waals surface area (Å²) in [6, 6.07) is 0. The number of halogens is 1. The maximum Gasteiger partial charge on any atom is 0.490 e. The van der Waals surface area contributed by atoms with Crippen LogP contribution in [0.1, 0.15) is 13.2 Å². The zero-order valence-electron chi connectivity index (χ0n) is 14.7. The third-order valence-corrected chi connectivity index (χ3v) is 7.80. The van der Waals surface area contributed by atoms with Crippen LogP contribution < -0.4 is 5.69 Å². The second-order valence-electron chi connectivity index (χ2n) is 5.95. The third kappa shape index (κ3) is 6.68. The van der Waals surface area contributed by atoms with Gasteiger partial charge in [0.05, 0.1) is 18.9 Å². The standard InChI is InChI=1S/C10H16FN2O13P3S/c1-4-7(14)6(24-9(4)13-2-5(11)8(30)12-10(13)15)3-23-28(19,20)26-29(21,22)25-27(16,17)18/h2,4,6-7,9,14H,3H2,1H3,(H,19,20)(H,21,22)(H,12,15,30)(H2,16,17,18)/t4?,6-,7?,9-/m1/s1. The number of phosphoric ester groups is 1. The highest BCUT2D eigenvalue weighted by Gasteiger charge is 2.45. The van der Waals surface area contributed by atoms with Crippen LogP contribution in [0.25, 0.3) is 0 Å². The zero-order chi connectivity index (χ0) is 23.1. The molecule has 0 saturated carbocycles. The Morgan fingerprint density at radius 1 is 1.23 bits per heavy atom. The van der Waals surface area contributed by atoms with Crippen LogP contribution in [0, 0.1) is 16.4 Å². The molecule has 30 heavy (non-hydrogen) atoms. The molecule has 0 bridgehead atoms. The smallest absolute Gasteiger partial charge is 0.390 e. The summed E-state index contributed by atoms with van der Waals surface area (Å²) in [5.74, 6) is -1.81. The topological polar surface area (TPSA) is 227 Å². The van der Waals surface area contributed by atoms with Gasteiger partial charge in [-0.3, -0.25) is 14.1 Å². The molecule has 0 spiro atoms. The van der Waals surface area contributed by atoms with E-state index in [9.17, 15) is 32.9 Å². The number of phosphoric acid groups is 3. The van der Waals surface area contributed by atoms with E-state index in [0.29, 0.717) is 0 Å². The van der Waals surface area contributed by atoms with E-state index >= 15 is 0 Å². The fourth-order valence-corrected chi connectivity index (χ4v) is 5.64. The lowest BCUT2D eigenvalue weighted by atomic mass is 10.0. The molecule has 4 unspecified atom stereocenters. The lowest BCUT2D eigenvalue weighted by molar-refractivity contribution is -0.0470. The van der Waals surface area contributed by atoms with E-state index in [4.69, 9.17) is 19.4 Å². The number of nitrogens with one attached hydrogen (secondary N) is 1. The van der Waals surface area contributed by atoms with Gasteiger partial charge in [-0.05, 0) is 0 Å². The predicted octanol–water partition coefficient (Wildman–Crippen LogP) is 0.283. The van der Waals surface area contributed by atoms with Gasteiger partial charge in [0.2, 0.25) is 0 Å². The zero-order valence-corrected chi connectivity index (χ0v) is 18.2. The van der Waals surface area contributed by atoms with Crippen molar-refractivity contribution in [2.24, 2.45) is 5.92 Å². The number of hydrogen-bond acceptors (Lipinski definition) is 10. The Morgan fingerprint density at radius 3 is 2.40 bits per heavy atom. The van der Waals surface area contributed by atoms with Gasteiger partial charge in [-0.15, -0.1) is 0 Å². The van der Waals surface area contributed by atoms with E-state index < -0.39 is 70.6 Å². The first-order valence-electron chi connectivity index (χ1n) is 7.64. The molecule has 172 valence electrons. The first-order chi connectivity index (χ1) is 13.5. The summed E-state index contributed by atoms with van der Waals surface area (Å²) in [6.07, 6.45) is -3.32. The Hall–Kier alpha value is -0.640. The first kappa shape index (κ1) is 25.6. The summed E-state index contributed by atoms with van der Waals surface area (Å²) in [4.78, 5) is 49.5. The maximum atomic E-state index is 13.7. The summed E-state index contributed by atoms with van der Waals surface area (Å²) in [7, 11) is -16.7. The van der Waals surface area contributed by atoms with Crippen molar-refractivity contribution in [1.82, 2.24) is 9.55 Å². The van der Waals surface area contributed by atoms with Gasteiger partial charge >= 0.3 is 29.2 Å². The van der Waals surface area contributed by atoms with Crippen LogP contribution in [0.15, 0.2) is 11.0 Å². The largest absolute Gasteiger partial charge is 0.490 e. The van der Waals surface area contributed by atoms with Crippen LogP contribution in [0.2, 0.25) is 0 Å². The van der Waals surface area contributed by atoms with Crippen molar-refractivity contribution in [2.45, 2.75) is 25.4 Å². The van der Waals surface area contributed by atoms with E-state index in [2.05, 4.69) is 25.4 Å². The van der Waals surface area contributed by atoms with Crippen molar-refractivity contribution in [3.63, 3.8) is 0 Å². The van der Waals surface area contributed by atoms with E-state index in [1.54, 1.807) is 0 Å². The number of hydrogen-bond donors (Lipinski definition) is 6. The summed E-state index contributed by atoms with van der Waals surface area (Å²) in [5, 5.41) is 10.2. The molecule has 1 aliphatic heterocycles. The molecule has 0 radical (unpaired) electrons. The normalized spacial score (nSPS) is 28.8. The molecule has 0 aliphatic carbocycles. The van der Waals surface area contributed by atoms with Crippen molar-refractivity contribution in [1.29, 1.82) is 0 Å². The van der Waals surface area contributed by atoms with Crippen molar-refractivity contribution in [3.05, 3.63) is 27.1 Å². The van der Waals surface area contributed by atoms with Gasteiger partial charge in [-0.25, -0.2) is 22.9 Å². The van der Waals surface area contributed by atoms with Crippen LogP contribution in [-0.2, 0) is 31.6 Å². The Morgan fingerprint density at radius 2 is 1.83 bits per heavy atom. The Balaban J connectivity index is 2.09. The van der Waals surface area contributed by atoms with Gasteiger partial charge in [0.1, 0.15) is 17.0 Å². The van der Waals surface area contributed by atoms with Crippen LogP contribution in [0.4, 0.5) is 4.39 Å². The molecule has 6 N–H and O–H groups in total. The molecule has 1 aromatic rings. The van der Waals surface area contributed by atoms with Gasteiger partial charge < -0.3 is 29.4 Å². The minimum atomic E-state index is -5.71. The van der Waals surface area contributed by atoms with E-state index in [-0.39, 0.29) is 0 Å². The molecule has 15 nitrogen and oxygen atoms in total. The van der Waals surface area contributed by atoms with E-state index in [1.807, 2.05) is 4.98 Å². The number of aromatic amines is 1. The Labute approximate surface area is 171 Å². The number of aliphatic hydroxyl groups excluding tert-OH is 1. The highest BCUT2D eigenvalue weighted by Crippen LogP contribution is 2.66. The van der Waals surface area contributed by atoms with Crippen molar-refractivity contribution in [2.75, 3.05) is 6.61 Å². The molecule has 6 atom stereocenters. The molecule has 2 heterocycles. The fourth-order valence-electron chi connectivity index (χ4n) is 2.47. The number of nitrogens with zero attached hydrogens (tertiary/aromatic N) is 1. The van der Waals surface area contributed by atoms with Crippen LogP contribution in [0.3, 0.4) is 0 Å². The minimum absolute atomic E-state index is 0.452. The molecule has 1 fully saturated rings. The Bertz CT molecular complexity index is 1050. The second-order valence-corrected chi connectivity index (χ2v) is 10.8. The van der Waals surface area contributed by atoms with Gasteiger partial charge in [-0.2, -0.15) is 8.62 Å². The first-order valence-corrected chi connectivity index (χ1v) is 12.6. The lowest BCUT2D eigenvalue weighted by Gasteiger charge is -2.19. The summed E-state index contributed by atoms with van der Waals surface area (Å²) < 4.78 is 64.4. The Kier molecular flexibility index (Phi) is 7.75. The molecular formula is C10H16FN2O13P3S. The molecule has 20 heteroatoms. The molecular weight excluding hydrogens is 500 g/mol. The fraction of sp³-hybridized carbons (Fsp3) is 0.600. The average molecular weight is 516 g/mol. The summed E-state index contributed by atoms with van der Waals surface area (Å²) in [6.45, 7) is 0.470. The van der Waals surface area contributed by atoms with Crippen LogP contribution in [-0.4, -0.2) is 53.0 Å².